The van der Waals surface area contributed by atoms with Crippen molar-refractivity contribution < 1.29 is 17.6 Å². The average molecular weight is 301 g/mol. The van der Waals surface area contributed by atoms with Gasteiger partial charge in [-0.05, 0) is 18.2 Å². The van der Waals surface area contributed by atoms with E-state index in [2.05, 4.69) is 0 Å². The van der Waals surface area contributed by atoms with Crippen LogP contribution in [-0.4, -0.2) is 49.7 Å². The van der Waals surface area contributed by atoms with Crippen LogP contribution in [0.4, 0.5) is 10.1 Å². The Morgan fingerprint density at radius 3 is 2.35 bits per heavy atom. The van der Waals surface area contributed by atoms with E-state index in [9.17, 15) is 17.6 Å². The number of sulfonamides is 1. The molecule has 1 aromatic rings. The fourth-order valence-corrected chi connectivity index (χ4v) is 3.50. The predicted molar refractivity (Wildman–Crippen MR) is 71.8 cm³/mol. The second-order valence-electron chi connectivity index (χ2n) is 4.59. The number of hydrogen-bond acceptors (Lipinski definition) is 4. The first kappa shape index (κ1) is 14.7. The summed E-state index contributed by atoms with van der Waals surface area (Å²) in [6.45, 7) is 2.53. The highest BCUT2D eigenvalue weighted by atomic mass is 32.2. The molecule has 0 unspecified atom stereocenters. The number of benzene rings is 1. The molecule has 2 rings (SSSR count). The van der Waals surface area contributed by atoms with E-state index in [-0.39, 0.29) is 29.6 Å². The quantitative estimate of drug-likeness (QED) is 0.794. The molecule has 0 aliphatic carbocycles. The zero-order valence-corrected chi connectivity index (χ0v) is 11.9. The van der Waals surface area contributed by atoms with E-state index in [1.165, 1.54) is 23.4 Å². The number of nitrogens with two attached hydrogens (primary N) is 1. The average Bonchev–Trinajstić information content (AvgIpc) is 2.41. The van der Waals surface area contributed by atoms with Gasteiger partial charge in [-0.3, -0.25) is 4.79 Å². The molecular weight excluding hydrogens is 285 g/mol. The minimum Gasteiger partial charge on any atom is -0.396 e. The van der Waals surface area contributed by atoms with Gasteiger partial charge in [0.25, 0.3) is 0 Å². The van der Waals surface area contributed by atoms with E-state index in [0.717, 1.165) is 6.07 Å². The van der Waals surface area contributed by atoms with Crippen LogP contribution in [0.15, 0.2) is 23.1 Å². The zero-order chi connectivity index (χ0) is 14.9. The third-order valence-electron chi connectivity index (χ3n) is 3.29. The summed E-state index contributed by atoms with van der Waals surface area (Å²) in [4.78, 5) is 12.7. The summed E-state index contributed by atoms with van der Waals surface area (Å²) in [6, 6.07) is 3.43. The SMILES string of the molecule is CC(=O)N1CCN(S(=O)(=O)c2ccc(N)c(F)c2)CC1. The molecule has 0 atom stereocenters. The van der Waals surface area contributed by atoms with Crippen molar-refractivity contribution in [1.29, 1.82) is 0 Å². The number of halogens is 1. The molecule has 6 nitrogen and oxygen atoms in total. The Morgan fingerprint density at radius 1 is 1.25 bits per heavy atom. The van der Waals surface area contributed by atoms with Crippen LogP contribution < -0.4 is 5.73 Å². The highest BCUT2D eigenvalue weighted by Gasteiger charge is 2.29. The van der Waals surface area contributed by atoms with E-state index in [4.69, 9.17) is 5.73 Å². The largest absolute Gasteiger partial charge is 0.396 e. The Morgan fingerprint density at radius 2 is 1.85 bits per heavy atom. The monoisotopic (exact) mass is 301 g/mol. The van der Waals surface area contributed by atoms with Crippen LogP contribution in [0.5, 0.6) is 0 Å². The first-order valence-electron chi connectivity index (χ1n) is 6.13. The second-order valence-corrected chi connectivity index (χ2v) is 6.53. The van der Waals surface area contributed by atoms with Crippen molar-refractivity contribution in [3.8, 4) is 0 Å². The smallest absolute Gasteiger partial charge is 0.243 e. The van der Waals surface area contributed by atoms with E-state index < -0.39 is 15.8 Å². The normalized spacial score (nSPS) is 17.2. The fourth-order valence-electron chi connectivity index (χ4n) is 2.06. The number of rotatable bonds is 2. The Kier molecular flexibility index (Phi) is 3.96. The van der Waals surface area contributed by atoms with Gasteiger partial charge in [-0.25, -0.2) is 12.8 Å². The van der Waals surface area contributed by atoms with Crippen molar-refractivity contribution in [2.75, 3.05) is 31.9 Å². The molecule has 20 heavy (non-hydrogen) atoms. The highest BCUT2D eigenvalue weighted by Crippen LogP contribution is 2.21. The molecule has 0 bridgehead atoms. The number of carbonyl (C=O) groups excluding carboxylic acids is 1. The summed E-state index contributed by atoms with van der Waals surface area (Å²) in [6.07, 6.45) is 0. The van der Waals surface area contributed by atoms with Gasteiger partial charge in [0.15, 0.2) is 0 Å². The predicted octanol–water partition coefficient (Wildman–Crippen LogP) is 0.261. The number of nitrogens with zero attached hydrogens (tertiary/aromatic N) is 2. The van der Waals surface area contributed by atoms with Crippen LogP contribution in [0.2, 0.25) is 0 Å². The van der Waals surface area contributed by atoms with Crippen molar-refractivity contribution in [2.24, 2.45) is 0 Å². The van der Waals surface area contributed by atoms with Gasteiger partial charge in [-0.15, -0.1) is 0 Å². The van der Waals surface area contributed by atoms with Crippen LogP contribution in [0.1, 0.15) is 6.92 Å². The van der Waals surface area contributed by atoms with E-state index >= 15 is 0 Å². The van der Waals surface area contributed by atoms with Gasteiger partial charge in [0.05, 0.1) is 10.6 Å². The molecule has 1 aromatic carbocycles. The van der Waals surface area contributed by atoms with Gasteiger partial charge < -0.3 is 10.6 Å². The first-order chi connectivity index (χ1) is 9.32. The van der Waals surface area contributed by atoms with Gasteiger partial charge in [0, 0.05) is 33.1 Å². The minimum atomic E-state index is -3.75. The van der Waals surface area contributed by atoms with E-state index in [1.807, 2.05) is 0 Å². The van der Waals surface area contributed by atoms with Crippen LogP contribution in [0.25, 0.3) is 0 Å². The van der Waals surface area contributed by atoms with Crippen molar-refractivity contribution in [3.63, 3.8) is 0 Å². The third-order valence-corrected chi connectivity index (χ3v) is 5.19. The number of amides is 1. The number of nitrogen functional groups attached to an aromatic ring is 1. The summed E-state index contributed by atoms with van der Waals surface area (Å²) >= 11 is 0. The zero-order valence-electron chi connectivity index (χ0n) is 11.0. The molecule has 110 valence electrons. The van der Waals surface area contributed by atoms with Crippen LogP contribution in [0, 0.1) is 5.82 Å². The maximum Gasteiger partial charge on any atom is 0.243 e. The summed E-state index contributed by atoms with van der Waals surface area (Å²) in [5, 5.41) is 0. The van der Waals surface area contributed by atoms with Gasteiger partial charge in [-0.2, -0.15) is 4.31 Å². The molecule has 0 radical (unpaired) electrons. The summed E-state index contributed by atoms with van der Waals surface area (Å²) in [7, 11) is -3.75. The molecule has 1 aliphatic rings. The highest BCUT2D eigenvalue weighted by molar-refractivity contribution is 7.89. The fraction of sp³-hybridized carbons (Fsp3) is 0.417. The maximum absolute atomic E-state index is 13.4. The molecule has 1 amide bonds. The van der Waals surface area contributed by atoms with Gasteiger partial charge in [-0.1, -0.05) is 0 Å². The molecule has 1 fully saturated rings. The van der Waals surface area contributed by atoms with Crippen LogP contribution in [-0.2, 0) is 14.8 Å². The van der Waals surface area contributed by atoms with E-state index in [0.29, 0.717) is 13.1 Å². The standard InChI is InChI=1S/C12H16FN3O3S/c1-9(17)15-4-6-16(7-5-15)20(18,19)10-2-3-12(14)11(13)8-10/h2-3,8H,4-7,14H2,1H3. The third kappa shape index (κ3) is 2.75. The van der Waals surface area contributed by atoms with Crippen LogP contribution >= 0.6 is 0 Å². The topological polar surface area (TPSA) is 83.7 Å². The summed E-state index contributed by atoms with van der Waals surface area (Å²) in [5.41, 5.74) is 5.24. The number of hydrogen-bond donors (Lipinski definition) is 1. The molecule has 1 saturated heterocycles. The van der Waals surface area contributed by atoms with Crippen molar-refractivity contribution >= 4 is 21.6 Å². The van der Waals surface area contributed by atoms with Crippen LogP contribution in [0.3, 0.4) is 0 Å². The Labute approximate surface area is 117 Å². The summed E-state index contributed by atoms with van der Waals surface area (Å²) < 4.78 is 39.3. The second kappa shape index (κ2) is 5.37. The molecule has 0 saturated carbocycles. The van der Waals surface area contributed by atoms with Gasteiger partial charge >= 0.3 is 0 Å². The lowest BCUT2D eigenvalue weighted by molar-refractivity contribution is -0.129. The van der Waals surface area contributed by atoms with E-state index in [1.54, 1.807) is 4.90 Å². The Hall–Kier alpha value is -1.67. The lowest BCUT2D eigenvalue weighted by Crippen LogP contribution is -2.49. The van der Waals surface area contributed by atoms with Gasteiger partial charge in [0.1, 0.15) is 5.82 Å². The lowest BCUT2D eigenvalue weighted by Gasteiger charge is -2.33. The molecule has 0 spiro atoms. The van der Waals surface area contributed by atoms with Crippen molar-refractivity contribution in [1.82, 2.24) is 9.21 Å². The molecule has 2 N–H and O–H groups in total. The Balaban J connectivity index is 2.19. The number of carbonyl (C=O) groups is 1. The molecular formula is C12H16FN3O3S. The summed E-state index contributed by atoms with van der Waals surface area (Å²) in [5.74, 6) is -0.839. The molecule has 1 heterocycles. The Bertz CT molecular complexity index is 625. The minimum absolute atomic E-state index is 0.0828. The number of anilines is 1. The molecule has 8 heteroatoms. The lowest BCUT2D eigenvalue weighted by atomic mass is 10.3. The molecule has 0 aromatic heterocycles. The van der Waals surface area contributed by atoms with Crippen molar-refractivity contribution in [3.05, 3.63) is 24.0 Å². The maximum atomic E-state index is 13.4. The van der Waals surface area contributed by atoms with Crippen molar-refractivity contribution in [2.45, 2.75) is 11.8 Å². The number of piperazine rings is 1. The molecule has 1 aliphatic heterocycles. The first-order valence-corrected chi connectivity index (χ1v) is 7.57. The van der Waals surface area contributed by atoms with Gasteiger partial charge in [0.2, 0.25) is 15.9 Å².